The molecule has 0 atom stereocenters. The Morgan fingerprint density at radius 2 is 1.79 bits per heavy atom. The molecule has 1 amide bonds. The number of anilines is 1. The number of hydrogen-bond acceptors (Lipinski definition) is 4. The monoisotopic (exact) mass is 534 g/mol. The number of amides is 1. The van der Waals surface area contributed by atoms with Crippen molar-refractivity contribution in [1.82, 2.24) is 14.8 Å². The van der Waals surface area contributed by atoms with Gasteiger partial charge in [0.25, 0.3) is 0 Å². The fourth-order valence-electron chi connectivity index (χ4n) is 2.73. The van der Waals surface area contributed by atoms with Crippen molar-refractivity contribution in [3.05, 3.63) is 69.1 Å². The Kier molecular flexibility index (Phi) is 7.32. The first-order chi connectivity index (χ1) is 13.9. The topological polar surface area (TPSA) is 59.8 Å². The average molecular weight is 536 g/mol. The van der Waals surface area contributed by atoms with Crippen LogP contribution < -0.4 is 5.32 Å². The number of nitrogens with zero attached hydrogens (tertiary/aromatic N) is 3. The summed E-state index contributed by atoms with van der Waals surface area (Å²) in [5.41, 5.74) is 3.98. The molecule has 150 valence electrons. The molecule has 3 aromatic rings. The van der Waals surface area contributed by atoms with Crippen molar-refractivity contribution in [1.29, 1.82) is 0 Å². The molecule has 3 rings (SSSR count). The van der Waals surface area contributed by atoms with Crippen molar-refractivity contribution < 1.29 is 4.79 Å². The van der Waals surface area contributed by atoms with Gasteiger partial charge in [-0.25, -0.2) is 0 Å². The minimum absolute atomic E-state index is 0.120. The number of benzene rings is 2. The Bertz CT molecular complexity index is 1020. The number of hydrogen-bond donors (Lipinski definition) is 1. The van der Waals surface area contributed by atoms with Gasteiger partial charge in [0.15, 0.2) is 11.0 Å². The molecular formula is C21H20Br2N4OS. The molecule has 0 aliphatic rings. The molecule has 0 spiro atoms. The Morgan fingerprint density at radius 1 is 1.14 bits per heavy atom. The zero-order valence-corrected chi connectivity index (χ0v) is 20.1. The van der Waals surface area contributed by atoms with Crippen LogP contribution >= 0.6 is 43.6 Å². The number of carbonyl (C=O) groups is 1. The van der Waals surface area contributed by atoms with Crippen molar-refractivity contribution >= 4 is 55.2 Å². The van der Waals surface area contributed by atoms with Gasteiger partial charge in [-0.2, -0.15) is 0 Å². The summed E-state index contributed by atoms with van der Waals surface area (Å²) in [4.78, 5) is 12.5. The quantitative estimate of drug-likeness (QED) is 0.297. The number of thioether (sulfide) groups is 1. The summed E-state index contributed by atoms with van der Waals surface area (Å²) in [6.45, 7) is 8.43. The molecule has 0 saturated heterocycles. The van der Waals surface area contributed by atoms with Gasteiger partial charge in [-0.3, -0.25) is 9.36 Å². The fraction of sp³-hybridized carbons (Fsp3) is 0.190. The summed E-state index contributed by atoms with van der Waals surface area (Å²) >= 11 is 8.35. The predicted molar refractivity (Wildman–Crippen MR) is 126 cm³/mol. The second-order valence-corrected chi connectivity index (χ2v) is 9.16. The SMILES string of the molecule is C=CCn1c(SCC(=O)Nc2c(Br)cc(C)cc2Br)nnc1-c1ccc(C)cc1. The van der Waals surface area contributed by atoms with Crippen molar-refractivity contribution in [3.63, 3.8) is 0 Å². The van der Waals surface area contributed by atoms with Crippen molar-refractivity contribution in [2.45, 2.75) is 25.5 Å². The minimum atomic E-state index is -0.120. The van der Waals surface area contributed by atoms with Gasteiger partial charge in [-0.15, -0.1) is 16.8 Å². The number of allylic oxidation sites excluding steroid dienone is 1. The van der Waals surface area contributed by atoms with Gasteiger partial charge in [0.2, 0.25) is 5.91 Å². The molecule has 1 aromatic heterocycles. The number of aromatic nitrogens is 3. The van der Waals surface area contributed by atoms with Gasteiger partial charge in [-0.1, -0.05) is 47.7 Å². The average Bonchev–Trinajstić information content (AvgIpc) is 3.06. The first-order valence-corrected chi connectivity index (χ1v) is 11.5. The molecule has 2 aromatic carbocycles. The van der Waals surface area contributed by atoms with Crippen LogP contribution in [-0.4, -0.2) is 26.4 Å². The van der Waals surface area contributed by atoms with Crippen LogP contribution in [-0.2, 0) is 11.3 Å². The molecule has 1 heterocycles. The Hall–Kier alpha value is -1.90. The van der Waals surface area contributed by atoms with Crippen LogP contribution in [0.1, 0.15) is 11.1 Å². The van der Waals surface area contributed by atoms with Crippen LogP contribution in [0.4, 0.5) is 5.69 Å². The molecular weight excluding hydrogens is 516 g/mol. The predicted octanol–water partition coefficient (Wildman–Crippen LogP) is 6.00. The zero-order chi connectivity index (χ0) is 21.0. The fourth-order valence-corrected chi connectivity index (χ4v) is 5.09. The maximum atomic E-state index is 12.5. The van der Waals surface area contributed by atoms with E-state index >= 15 is 0 Å². The van der Waals surface area contributed by atoms with E-state index in [1.807, 2.05) is 54.8 Å². The number of halogens is 2. The highest BCUT2D eigenvalue weighted by molar-refractivity contribution is 9.11. The summed E-state index contributed by atoms with van der Waals surface area (Å²) in [5.74, 6) is 0.859. The van der Waals surface area contributed by atoms with E-state index in [0.717, 1.165) is 25.9 Å². The number of nitrogens with one attached hydrogen (secondary N) is 1. The van der Waals surface area contributed by atoms with Crippen molar-refractivity contribution in [2.75, 3.05) is 11.1 Å². The lowest BCUT2D eigenvalue weighted by Crippen LogP contribution is -2.15. The molecule has 0 aliphatic carbocycles. The first kappa shape index (κ1) is 21.8. The standard InChI is InChI=1S/C21H20Br2N4OS/c1-4-9-27-20(15-7-5-13(2)6-8-15)25-26-21(27)29-12-18(28)24-19-16(22)10-14(3)11-17(19)23/h4-8,10-11H,1,9,12H2,2-3H3,(H,24,28). The van der Waals surface area contributed by atoms with E-state index in [9.17, 15) is 4.79 Å². The maximum absolute atomic E-state index is 12.5. The molecule has 0 aliphatic heterocycles. The summed E-state index contributed by atoms with van der Waals surface area (Å²) in [5, 5.41) is 12.2. The number of carbonyl (C=O) groups excluding carboxylic acids is 1. The van der Waals surface area contributed by atoms with Gasteiger partial charge >= 0.3 is 0 Å². The van der Waals surface area contributed by atoms with Gasteiger partial charge in [-0.05, 0) is 63.4 Å². The lowest BCUT2D eigenvalue weighted by molar-refractivity contribution is -0.113. The highest BCUT2D eigenvalue weighted by Gasteiger charge is 2.16. The van der Waals surface area contributed by atoms with Crippen LogP contribution in [0.2, 0.25) is 0 Å². The molecule has 0 fully saturated rings. The second kappa shape index (κ2) is 9.73. The molecule has 5 nitrogen and oxygen atoms in total. The largest absolute Gasteiger partial charge is 0.323 e. The number of aryl methyl sites for hydroxylation is 2. The van der Waals surface area contributed by atoms with E-state index < -0.39 is 0 Å². The second-order valence-electron chi connectivity index (χ2n) is 6.51. The highest BCUT2D eigenvalue weighted by atomic mass is 79.9. The minimum Gasteiger partial charge on any atom is -0.323 e. The van der Waals surface area contributed by atoms with Crippen LogP contribution in [0.3, 0.4) is 0 Å². The van der Waals surface area contributed by atoms with Crippen LogP contribution in [0, 0.1) is 13.8 Å². The van der Waals surface area contributed by atoms with Crippen molar-refractivity contribution in [2.24, 2.45) is 0 Å². The lowest BCUT2D eigenvalue weighted by Gasteiger charge is -2.11. The zero-order valence-electron chi connectivity index (χ0n) is 16.1. The molecule has 0 unspecified atom stereocenters. The molecule has 29 heavy (non-hydrogen) atoms. The highest BCUT2D eigenvalue weighted by Crippen LogP contribution is 2.32. The third-order valence-corrected chi connectivity index (χ3v) is 6.34. The van der Waals surface area contributed by atoms with E-state index in [1.165, 1.54) is 17.3 Å². The molecule has 0 radical (unpaired) electrons. The Labute approximate surface area is 191 Å². The maximum Gasteiger partial charge on any atom is 0.234 e. The van der Waals surface area contributed by atoms with Crippen LogP contribution in [0.15, 0.2) is 63.2 Å². The van der Waals surface area contributed by atoms with E-state index in [-0.39, 0.29) is 11.7 Å². The normalized spacial score (nSPS) is 10.8. The molecule has 0 bridgehead atoms. The summed E-state index contributed by atoms with van der Waals surface area (Å²) in [6, 6.07) is 12.0. The van der Waals surface area contributed by atoms with Crippen LogP contribution in [0.25, 0.3) is 11.4 Å². The first-order valence-electron chi connectivity index (χ1n) is 8.88. The van der Waals surface area contributed by atoms with Crippen LogP contribution in [0.5, 0.6) is 0 Å². The Morgan fingerprint density at radius 3 is 2.41 bits per heavy atom. The summed E-state index contributed by atoms with van der Waals surface area (Å²) < 4.78 is 3.63. The third kappa shape index (κ3) is 5.38. The smallest absolute Gasteiger partial charge is 0.234 e. The van der Waals surface area contributed by atoms with Gasteiger partial charge in [0.05, 0.1) is 11.4 Å². The summed E-state index contributed by atoms with van der Waals surface area (Å²) in [7, 11) is 0. The molecule has 8 heteroatoms. The van der Waals surface area contributed by atoms with Gasteiger partial charge < -0.3 is 5.32 Å². The van der Waals surface area contributed by atoms with E-state index in [2.05, 4.69) is 54.0 Å². The number of rotatable bonds is 7. The Balaban J connectivity index is 1.74. The van der Waals surface area contributed by atoms with Gasteiger partial charge in [0.1, 0.15) is 0 Å². The molecule has 1 N–H and O–H groups in total. The van der Waals surface area contributed by atoms with Gasteiger partial charge in [0, 0.05) is 21.1 Å². The summed E-state index contributed by atoms with van der Waals surface area (Å²) in [6.07, 6.45) is 1.80. The van der Waals surface area contributed by atoms with E-state index in [4.69, 9.17) is 0 Å². The van der Waals surface area contributed by atoms with E-state index in [0.29, 0.717) is 17.4 Å². The van der Waals surface area contributed by atoms with Crippen molar-refractivity contribution in [3.8, 4) is 11.4 Å². The lowest BCUT2D eigenvalue weighted by atomic mass is 10.1. The molecule has 0 saturated carbocycles. The third-order valence-electron chi connectivity index (χ3n) is 4.12. The van der Waals surface area contributed by atoms with E-state index in [1.54, 1.807) is 6.08 Å².